The van der Waals surface area contributed by atoms with E-state index >= 15 is 0 Å². The van der Waals surface area contributed by atoms with Gasteiger partial charge in [-0.2, -0.15) is 0 Å². The van der Waals surface area contributed by atoms with Crippen LogP contribution in [0.1, 0.15) is 63.8 Å². The summed E-state index contributed by atoms with van der Waals surface area (Å²) in [5.41, 5.74) is 14.2. The van der Waals surface area contributed by atoms with Crippen LogP contribution in [0.2, 0.25) is 0 Å². The van der Waals surface area contributed by atoms with E-state index in [0.29, 0.717) is 0 Å². The van der Waals surface area contributed by atoms with Crippen LogP contribution in [0.3, 0.4) is 0 Å². The van der Waals surface area contributed by atoms with Gasteiger partial charge in [-0.25, -0.2) is 0 Å². The molecule has 0 bridgehead atoms. The molecule has 0 aromatic heterocycles. The molecule has 2 aliphatic rings. The van der Waals surface area contributed by atoms with Crippen LogP contribution < -0.4 is 4.90 Å². The molecule has 7 aromatic carbocycles. The highest BCUT2D eigenvalue weighted by Gasteiger charge is 2.48. The molecule has 0 saturated carbocycles. The highest BCUT2D eigenvalue weighted by Crippen LogP contribution is 2.60. The van der Waals surface area contributed by atoms with Crippen molar-refractivity contribution in [3.05, 3.63) is 162 Å². The van der Waals surface area contributed by atoms with Gasteiger partial charge in [0.15, 0.2) is 0 Å². The molecule has 0 unspecified atom stereocenters. The Kier molecular flexibility index (Phi) is 6.01. The number of anilines is 3. The Balaban J connectivity index is 1.43. The Hall–Kier alpha value is -5.14. The fourth-order valence-electron chi connectivity index (χ4n) is 8.97. The lowest BCUT2D eigenvalue weighted by atomic mass is 9.54. The maximum atomic E-state index is 2.53. The zero-order valence-corrected chi connectivity index (χ0v) is 28.7. The highest BCUT2D eigenvalue weighted by atomic mass is 15.1. The molecule has 0 saturated heterocycles. The summed E-state index contributed by atoms with van der Waals surface area (Å²) in [5.74, 6) is 0. The lowest BCUT2D eigenvalue weighted by Crippen LogP contribution is -2.44. The van der Waals surface area contributed by atoms with E-state index in [1.165, 1.54) is 77.4 Å². The molecular formula is C47H41N. The number of nitrogens with zero attached hydrogens (tertiary/aromatic N) is 1. The average Bonchev–Trinajstić information content (AvgIpc) is 3.33. The van der Waals surface area contributed by atoms with E-state index in [4.69, 9.17) is 0 Å². The third kappa shape index (κ3) is 3.79. The van der Waals surface area contributed by atoms with Crippen molar-refractivity contribution in [2.75, 3.05) is 4.90 Å². The van der Waals surface area contributed by atoms with Gasteiger partial charge < -0.3 is 4.90 Å². The maximum absolute atomic E-state index is 2.53. The van der Waals surface area contributed by atoms with Crippen molar-refractivity contribution in [1.82, 2.24) is 0 Å². The first-order valence-electron chi connectivity index (χ1n) is 17.3. The van der Waals surface area contributed by atoms with E-state index in [9.17, 15) is 0 Å². The topological polar surface area (TPSA) is 3.24 Å². The van der Waals surface area contributed by atoms with Gasteiger partial charge in [0.1, 0.15) is 0 Å². The third-order valence-electron chi connectivity index (χ3n) is 12.2. The van der Waals surface area contributed by atoms with Crippen LogP contribution in [0.5, 0.6) is 0 Å². The second-order valence-corrected chi connectivity index (χ2v) is 15.4. The molecule has 9 rings (SSSR count). The van der Waals surface area contributed by atoms with E-state index in [-0.39, 0.29) is 16.2 Å². The predicted molar refractivity (Wildman–Crippen MR) is 205 cm³/mol. The zero-order valence-electron chi connectivity index (χ0n) is 28.7. The summed E-state index contributed by atoms with van der Waals surface area (Å²) >= 11 is 0. The summed E-state index contributed by atoms with van der Waals surface area (Å²) in [7, 11) is 0. The molecule has 1 heteroatoms. The van der Waals surface area contributed by atoms with E-state index in [2.05, 4.69) is 186 Å². The van der Waals surface area contributed by atoms with E-state index < -0.39 is 0 Å². The first-order valence-corrected chi connectivity index (χ1v) is 17.3. The van der Waals surface area contributed by atoms with Gasteiger partial charge in [-0.1, -0.05) is 151 Å². The van der Waals surface area contributed by atoms with Crippen molar-refractivity contribution >= 4 is 38.6 Å². The molecule has 0 fully saturated rings. The summed E-state index contributed by atoms with van der Waals surface area (Å²) in [6, 6.07) is 52.3. The maximum Gasteiger partial charge on any atom is 0.0549 e. The SMILES string of the molecule is CC1(C)c2ccccc2-c2ccc(N(c3ccccc3)c3cc4c(ccc5ccccc54)c4c3-c3ccccc3C(C)(C)C4(C)C)cc21. The number of hydrogen-bond acceptors (Lipinski definition) is 1. The number of fused-ring (bicyclic) bond motifs is 10. The van der Waals surface area contributed by atoms with Gasteiger partial charge in [0.2, 0.25) is 0 Å². The third-order valence-corrected chi connectivity index (χ3v) is 12.2. The molecule has 7 aromatic rings. The van der Waals surface area contributed by atoms with Crippen LogP contribution in [0, 0.1) is 0 Å². The molecule has 2 aliphatic carbocycles. The molecule has 0 aliphatic heterocycles. The van der Waals surface area contributed by atoms with Crippen molar-refractivity contribution in [3.63, 3.8) is 0 Å². The number of benzene rings is 7. The van der Waals surface area contributed by atoms with Crippen molar-refractivity contribution in [3.8, 4) is 22.3 Å². The van der Waals surface area contributed by atoms with Gasteiger partial charge in [0.05, 0.1) is 5.69 Å². The molecular weight excluding hydrogens is 579 g/mol. The monoisotopic (exact) mass is 619 g/mol. The van der Waals surface area contributed by atoms with Crippen LogP contribution in [-0.2, 0) is 16.2 Å². The summed E-state index contributed by atoms with van der Waals surface area (Å²) in [4.78, 5) is 2.53. The first-order chi connectivity index (χ1) is 23.1. The van der Waals surface area contributed by atoms with E-state index in [1.807, 2.05) is 0 Å². The Morgan fingerprint density at radius 3 is 1.85 bits per heavy atom. The van der Waals surface area contributed by atoms with Crippen molar-refractivity contribution in [2.24, 2.45) is 0 Å². The van der Waals surface area contributed by atoms with Gasteiger partial charge in [0, 0.05) is 27.8 Å². The molecule has 0 N–H and O–H groups in total. The molecule has 0 amide bonds. The zero-order chi connectivity index (χ0) is 33.0. The Morgan fingerprint density at radius 2 is 1.06 bits per heavy atom. The van der Waals surface area contributed by atoms with Crippen LogP contribution in [0.4, 0.5) is 17.1 Å². The lowest BCUT2D eigenvalue weighted by molar-refractivity contribution is 0.301. The van der Waals surface area contributed by atoms with Crippen LogP contribution in [0.15, 0.2) is 140 Å². The molecule has 1 nitrogen and oxygen atoms in total. The average molecular weight is 620 g/mol. The number of rotatable bonds is 3. The molecule has 0 radical (unpaired) electrons. The van der Waals surface area contributed by atoms with E-state index in [0.717, 1.165) is 5.69 Å². The largest absolute Gasteiger partial charge is 0.310 e. The van der Waals surface area contributed by atoms with Crippen molar-refractivity contribution in [1.29, 1.82) is 0 Å². The van der Waals surface area contributed by atoms with Crippen LogP contribution in [0.25, 0.3) is 43.8 Å². The molecule has 234 valence electrons. The van der Waals surface area contributed by atoms with Gasteiger partial charge in [-0.15, -0.1) is 0 Å². The van der Waals surface area contributed by atoms with Crippen molar-refractivity contribution < 1.29 is 0 Å². The number of hydrogen-bond donors (Lipinski definition) is 0. The number of para-hydroxylation sites is 1. The first kappa shape index (κ1) is 29.0. The normalized spacial score (nSPS) is 16.2. The second-order valence-electron chi connectivity index (χ2n) is 15.4. The summed E-state index contributed by atoms with van der Waals surface area (Å²) in [5, 5.41) is 5.22. The van der Waals surface area contributed by atoms with Crippen LogP contribution >= 0.6 is 0 Å². The predicted octanol–water partition coefficient (Wildman–Crippen LogP) is 13.0. The minimum atomic E-state index is -0.155. The minimum Gasteiger partial charge on any atom is -0.310 e. The standard InChI is InChI=1S/C47H41N/c1-45(2)39-22-14-12-20-34(39)35-27-25-32(28-41(35)45)48(31-17-8-7-9-18-31)42-29-38-33-19-11-10-16-30(33)24-26-36(38)44-43(42)37-21-13-15-23-40(37)46(3,4)47(44,5)6/h7-29H,1-6H3. The minimum absolute atomic E-state index is 0.0886. The van der Waals surface area contributed by atoms with Gasteiger partial charge in [0.25, 0.3) is 0 Å². The Labute approximate surface area is 284 Å². The molecule has 48 heavy (non-hydrogen) atoms. The lowest BCUT2D eigenvalue weighted by Gasteiger charge is -2.50. The second kappa shape index (κ2) is 9.94. The van der Waals surface area contributed by atoms with Crippen molar-refractivity contribution in [2.45, 2.75) is 57.8 Å². The summed E-state index contributed by atoms with van der Waals surface area (Å²) in [6.07, 6.45) is 0. The Bertz CT molecular complexity index is 2430. The molecule has 0 heterocycles. The fraction of sp³-hybridized carbons (Fsp3) is 0.191. The molecule has 0 atom stereocenters. The fourth-order valence-corrected chi connectivity index (χ4v) is 8.97. The molecule has 0 spiro atoms. The van der Waals surface area contributed by atoms with Gasteiger partial charge >= 0.3 is 0 Å². The quantitative estimate of drug-likeness (QED) is 0.178. The Morgan fingerprint density at radius 1 is 0.417 bits per heavy atom. The summed E-state index contributed by atoms with van der Waals surface area (Å²) in [6.45, 7) is 14.5. The smallest absolute Gasteiger partial charge is 0.0549 e. The van der Waals surface area contributed by atoms with Crippen LogP contribution in [-0.4, -0.2) is 0 Å². The van der Waals surface area contributed by atoms with E-state index in [1.54, 1.807) is 0 Å². The van der Waals surface area contributed by atoms with Gasteiger partial charge in [-0.3, -0.25) is 0 Å². The van der Waals surface area contributed by atoms with Gasteiger partial charge in [-0.05, 0) is 96.2 Å². The highest BCUT2D eigenvalue weighted by molar-refractivity contribution is 6.14. The summed E-state index contributed by atoms with van der Waals surface area (Å²) < 4.78 is 0.